The molecule has 1 aliphatic heterocycles. The van der Waals surface area contributed by atoms with Gasteiger partial charge in [-0.2, -0.15) is 0 Å². The van der Waals surface area contributed by atoms with Crippen LogP contribution in [0.1, 0.15) is 0 Å². The van der Waals surface area contributed by atoms with Gasteiger partial charge in [0.1, 0.15) is 5.69 Å². The number of anilines is 1. The van der Waals surface area contributed by atoms with E-state index in [-0.39, 0.29) is 23.0 Å². The Morgan fingerprint density at radius 2 is 2.18 bits per heavy atom. The zero-order valence-corrected chi connectivity index (χ0v) is 10.1. The molecule has 1 aromatic carbocycles. The van der Waals surface area contributed by atoms with Gasteiger partial charge in [0.05, 0.1) is 10.7 Å². The first-order valence-corrected chi connectivity index (χ1v) is 5.99. The van der Waals surface area contributed by atoms with E-state index in [4.69, 9.17) is 12.2 Å². The maximum Gasteiger partial charge on any atom is 0.294 e. The summed E-state index contributed by atoms with van der Waals surface area (Å²) in [5.41, 5.74) is 2.82. The van der Waals surface area contributed by atoms with Crippen molar-refractivity contribution < 1.29 is 9.72 Å². The molecular weight excluding hydrogens is 262 g/mol. The molecule has 1 N–H and O–H groups in total. The number of amides is 1. The molecule has 0 aliphatic carbocycles. The van der Waals surface area contributed by atoms with Crippen LogP contribution >= 0.6 is 24.0 Å². The van der Waals surface area contributed by atoms with Gasteiger partial charge in [-0.15, -0.1) is 0 Å². The molecule has 1 saturated heterocycles. The quantitative estimate of drug-likeness (QED) is 0.512. The normalized spacial score (nSPS) is 15.2. The Labute approximate surface area is 106 Å². The summed E-state index contributed by atoms with van der Waals surface area (Å²) in [5, 5.41) is 11.9. The van der Waals surface area contributed by atoms with E-state index in [9.17, 15) is 14.9 Å². The summed E-state index contributed by atoms with van der Waals surface area (Å²) in [5.74, 6) is 0.0464. The number of carbonyl (C=O) groups is 1. The van der Waals surface area contributed by atoms with Gasteiger partial charge in [-0.1, -0.05) is 36.1 Å². The van der Waals surface area contributed by atoms with Crippen LogP contribution in [-0.4, -0.2) is 25.9 Å². The molecule has 1 amide bonds. The van der Waals surface area contributed by atoms with Gasteiger partial charge in [0.15, 0.2) is 4.32 Å². The Morgan fingerprint density at radius 1 is 1.47 bits per heavy atom. The summed E-state index contributed by atoms with van der Waals surface area (Å²) in [6.45, 7) is 0. The Kier molecular flexibility index (Phi) is 3.25. The monoisotopic (exact) mass is 269 g/mol. The number of rotatable bonds is 3. The average Bonchev–Trinajstić information content (AvgIpc) is 2.61. The molecule has 6 nitrogen and oxygen atoms in total. The number of nitro groups is 1. The van der Waals surface area contributed by atoms with Gasteiger partial charge in [0, 0.05) is 6.07 Å². The highest BCUT2D eigenvalue weighted by molar-refractivity contribution is 8.23. The fraction of sp³-hybridized carbons (Fsp3) is 0.111. The number of thiocarbonyl (C=S) groups is 1. The zero-order valence-electron chi connectivity index (χ0n) is 8.45. The summed E-state index contributed by atoms with van der Waals surface area (Å²) in [6.07, 6.45) is 0. The highest BCUT2D eigenvalue weighted by Gasteiger charge is 2.28. The predicted molar refractivity (Wildman–Crippen MR) is 68.6 cm³/mol. The molecule has 0 unspecified atom stereocenters. The van der Waals surface area contributed by atoms with Crippen LogP contribution in [0.4, 0.5) is 11.4 Å². The highest BCUT2D eigenvalue weighted by Crippen LogP contribution is 2.27. The van der Waals surface area contributed by atoms with Gasteiger partial charge in [-0.05, 0) is 6.07 Å². The van der Waals surface area contributed by atoms with Gasteiger partial charge in [-0.3, -0.25) is 20.3 Å². The van der Waals surface area contributed by atoms with E-state index >= 15 is 0 Å². The van der Waals surface area contributed by atoms with E-state index in [1.807, 2.05) is 0 Å². The topological polar surface area (TPSA) is 75.5 Å². The molecule has 1 aromatic rings. The molecule has 1 aliphatic rings. The number of nitrogens with one attached hydrogen (secondary N) is 1. The summed E-state index contributed by atoms with van der Waals surface area (Å²) < 4.78 is 0.369. The first kappa shape index (κ1) is 11.8. The Balaban J connectivity index is 2.27. The molecule has 8 heteroatoms. The average molecular weight is 269 g/mol. The van der Waals surface area contributed by atoms with Crippen molar-refractivity contribution in [3.63, 3.8) is 0 Å². The van der Waals surface area contributed by atoms with Gasteiger partial charge in [0.25, 0.3) is 11.6 Å². The van der Waals surface area contributed by atoms with Crippen LogP contribution in [0.15, 0.2) is 24.3 Å². The van der Waals surface area contributed by atoms with Gasteiger partial charge in [-0.25, -0.2) is 5.01 Å². The minimum Gasteiger partial charge on any atom is -0.284 e. The molecule has 88 valence electrons. The fourth-order valence-electron chi connectivity index (χ4n) is 1.31. The number of nitro benzene ring substituents is 1. The van der Waals surface area contributed by atoms with Gasteiger partial charge in [0.2, 0.25) is 0 Å². The Morgan fingerprint density at radius 3 is 2.76 bits per heavy atom. The minimum atomic E-state index is -0.515. The summed E-state index contributed by atoms with van der Waals surface area (Å²) >= 11 is 6.18. The second-order valence-electron chi connectivity index (χ2n) is 3.17. The number of para-hydroxylation sites is 2. The van der Waals surface area contributed by atoms with Crippen molar-refractivity contribution in [3.8, 4) is 0 Å². The van der Waals surface area contributed by atoms with Crippen molar-refractivity contribution in [1.82, 2.24) is 5.01 Å². The molecule has 0 saturated carbocycles. The number of hydrazine groups is 1. The lowest BCUT2D eigenvalue weighted by Crippen LogP contribution is -2.34. The lowest BCUT2D eigenvalue weighted by atomic mass is 10.3. The van der Waals surface area contributed by atoms with Gasteiger partial charge >= 0.3 is 0 Å². The third-order valence-corrected chi connectivity index (χ3v) is 3.44. The number of thioether (sulfide) groups is 1. The van der Waals surface area contributed by atoms with Crippen molar-refractivity contribution in [1.29, 1.82) is 0 Å². The molecule has 0 bridgehead atoms. The summed E-state index contributed by atoms with van der Waals surface area (Å²) in [7, 11) is 0. The highest BCUT2D eigenvalue weighted by atomic mass is 32.2. The largest absolute Gasteiger partial charge is 0.294 e. The third-order valence-electron chi connectivity index (χ3n) is 2.08. The maximum atomic E-state index is 11.5. The number of hydrogen-bond acceptors (Lipinski definition) is 6. The molecule has 17 heavy (non-hydrogen) atoms. The lowest BCUT2D eigenvalue weighted by Gasteiger charge is -2.16. The smallest absolute Gasteiger partial charge is 0.284 e. The number of nitrogens with zero attached hydrogens (tertiary/aromatic N) is 2. The van der Waals surface area contributed by atoms with Crippen LogP contribution < -0.4 is 5.43 Å². The molecular formula is C9H7N3O3S2. The Bertz CT molecular complexity index is 490. The van der Waals surface area contributed by atoms with Crippen LogP contribution in [0.5, 0.6) is 0 Å². The standard InChI is InChI=1S/C9H7N3O3S2/c13-8-5-17-9(16)11(8)10-6-3-1-2-4-7(6)12(14)15/h1-4,10H,5H2. The van der Waals surface area contributed by atoms with Crippen LogP contribution in [-0.2, 0) is 4.79 Å². The van der Waals surface area contributed by atoms with E-state index in [2.05, 4.69) is 5.43 Å². The number of carbonyl (C=O) groups excluding carboxylic acids is 1. The van der Waals surface area contributed by atoms with E-state index in [0.29, 0.717) is 4.32 Å². The minimum absolute atomic E-state index is 0.0972. The molecule has 0 radical (unpaired) electrons. The number of hydrogen-bond donors (Lipinski definition) is 1. The summed E-state index contributed by atoms with van der Waals surface area (Å²) in [4.78, 5) is 21.7. The van der Waals surface area contributed by atoms with Crippen molar-refractivity contribution in [2.75, 3.05) is 11.2 Å². The van der Waals surface area contributed by atoms with Crippen molar-refractivity contribution in [2.45, 2.75) is 0 Å². The Hall–Kier alpha value is -1.67. The SMILES string of the molecule is O=C1CSC(=S)N1Nc1ccccc1[N+](=O)[O-]. The molecule has 1 heterocycles. The lowest BCUT2D eigenvalue weighted by molar-refractivity contribution is -0.384. The van der Waals surface area contributed by atoms with Crippen LogP contribution in [0.2, 0.25) is 0 Å². The first-order chi connectivity index (χ1) is 8.09. The van der Waals surface area contributed by atoms with Gasteiger partial charge < -0.3 is 0 Å². The fourth-order valence-corrected chi connectivity index (χ4v) is 2.29. The molecule has 1 fully saturated rings. The molecule has 0 aromatic heterocycles. The van der Waals surface area contributed by atoms with Crippen LogP contribution in [0.25, 0.3) is 0 Å². The number of benzene rings is 1. The van der Waals surface area contributed by atoms with E-state index in [0.717, 1.165) is 5.01 Å². The van der Waals surface area contributed by atoms with Crippen molar-refractivity contribution in [3.05, 3.63) is 34.4 Å². The molecule has 0 atom stereocenters. The van der Waals surface area contributed by atoms with E-state index in [1.54, 1.807) is 12.1 Å². The summed E-state index contributed by atoms with van der Waals surface area (Å²) in [6, 6.07) is 6.09. The second kappa shape index (κ2) is 4.68. The first-order valence-electron chi connectivity index (χ1n) is 4.59. The van der Waals surface area contributed by atoms with Crippen LogP contribution in [0, 0.1) is 10.1 Å². The van der Waals surface area contributed by atoms with Crippen molar-refractivity contribution in [2.24, 2.45) is 0 Å². The van der Waals surface area contributed by atoms with E-state index in [1.165, 1.54) is 23.9 Å². The molecule has 0 spiro atoms. The zero-order chi connectivity index (χ0) is 12.4. The van der Waals surface area contributed by atoms with Crippen LogP contribution in [0.3, 0.4) is 0 Å². The third kappa shape index (κ3) is 2.37. The predicted octanol–water partition coefficient (Wildman–Crippen LogP) is 1.78. The molecule has 2 rings (SSSR count). The maximum absolute atomic E-state index is 11.5. The van der Waals surface area contributed by atoms with Crippen molar-refractivity contribution >= 4 is 45.6 Å². The van der Waals surface area contributed by atoms with E-state index < -0.39 is 4.92 Å². The second-order valence-corrected chi connectivity index (χ2v) is 4.78.